The van der Waals surface area contributed by atoms with E-state index in [2.05, 4.69) is 172 Å². The Morgan fingerprint density at radius 3 is 1.79 bits per heavy atom. The second-order valence-electron chi connectivity index (χ2n) is 19.2. The van der Waals surface area contributed by atoms with Gasteiger partial charge in [-0.3, -0.25) is 0 Å². The van der Waals surface area contributed by atoms with Crippen molar-refractivity contribution in [3.05, 3.63) is 162 Å². The maximum atomic E-state index is 2.72. The van der Waals surface area contributed by atoms with Crippen molar-refractivity contribution >= 4 is 28.8 Å². The molecule has 1 aliphatic heterocycles. The lowest BCUT2D eigenvalue weighted by atomic mass is 9.42. The normalized spacial score (nSPS) is 26.0. The summed E-state index contributed by atoms with van der Waals surface area (Å²) in [6, 6.07) is 53.6. The maximum Gasteiger partial charge on any atom is 0.0682 e. The van der Waals surface area contributed by atoms with Gasteiger partial charge < -0.3 is 4.90 Å². The molecule has 4 bridgehead atoms. The molecule has 280 valence electrons. The van der Waals surface area contributed by atoms with Gasteiger partial charge in [0.25, 0.3) is 0 Å². The third-order valence-corrected chi connectivity index (χ3v) is 16.3. The van der Waals surface area contributed by atoms with Crippen LogP contribution in [0.2, 0.25) is 0 Å². The predicted octanol–water partition coefficient (Wildman–Crippen LogP) is 15.0. The lowest BCUT2D eigenvalue weighted by molar-refractivity contribution is -0.0443. The first kappa shape index (κ1) is 34.7. The standard InChI is InChI=1S/C54H53NS/c1-52(2)28-29-53(3,4)49-45(52)19-13-20-47(49)55(42-24-22-38(23-25-42)37-14-7-5-8-15-37)50-43(39-16-9-6-10-17-39)26-27-46-51(50)56-48-21-12-11-18-44(48)54(46)40-31-35-30-36(33-40)34-41(54)32-35/h5-27,35-36,40-41H,28-34H2,1-4H3. The maximum absolute atomic E-state index is 2.72. The summed E-state index contributed by atoms with van der Waals surface area (Å²) < 4.78 is 0. The molecular formula is C54H53NS. The number of fused-ring (bicyclic) bond motifs is 3. The van der Waals surface area contributed by atoms with E-state index in [-0.39, 0.29) is 16.2 Å². The van der Waals surface area contributed by atoms with Gasteiger partial charge in [-0.15, -0.1) is 0 Å². The third kappa shape index (κ3) is 5.13. The van der Waals surface area contributed by atoms with Crippen LogP contribution in [0.4, 0.5) is 17.1 Å². The average Bonchev–Trinajstić information content (AvgIpc) is 3.22. The fraction of sp³-hybridized carbons (Fsp3) is 0.333. The highest BCUT2D eigenvalue weighted by molar-refractivity contribution is 7.99. The van der Waals surface area contributed by atoms with Crippen LogP contribution in [0.1, 0.15) is 94.9 Å². The van der Waals surface area contributed by atoms with E-state index < -0.39 is 0 Å². The number of rotatable bonds is 5. The van der Waals surface area contributed by atoms with E-state index >= 15 is 0 Å². The summed E-state index contributed by atoms with van der Waals surface area (Å²) >= 11 is 2.05. The van der Waals surface area contributed by atoms with E-state index in [0.717, 1.165) is 11.8 Å². The van der Waals surface area contributed by atoms with Crippen molar-refractivity contribution in [2.24, 2.45) is 23.7 Å². The van der Waals surface area contributed by atoms with Gasteiger partial charge in [-0.2, -0.15) is 0 Å². The van der Waals surface area contributed by atoms with Crippen LogP contribution in [0.15, 0.2) is 149 Å². The highest BCUT2D eigenvalue weighted by Gasteiger charge is 2.61. The Morgan fingerprint density at radius 2 is 1.09 bits per heavy atom. The van der Waals surface area contributed by atoms with Gasteiger partial charge in [0.05, 0.1) is 11.4 Å². The van der Waals surface area contributed by atoms with Crippen LogP contribution in [-0.4, -0.2) is 0 Å². The van der Waals surface area contributed by atoms with Crippen molar-refractivity contribution in [3.63, 3.8) is 0 Å². The lowest BCUT2D eigenvalue weighted by Gasteiger charge is -2.63. The van der Waals surface area contributed by atoms with Crippen molar-refractivity contribution in [1.82, 2.24) is 0 Å². The molecule has 6 aliphatic rings. The Kier molecular flexibility index (Phi) is 7.89. The number of benzene rings is 6. The van der Waals surface area contributed by atoms with Gasteiger partial charge in [0.15, 0.2) is 0 Å². The van der Waals surface area contributed by atoms with E-state index in [0.29, 0.717) is 11.8 Å². The Balaban J connectivity index is 1.24. The van der Waals surface area contributed by atoms with Crippen LogP contribution in [0, 0.1) is 23.7 Å². The first-order chi connectivity index (χ1) is 27.2. The zero-order valence-electron chi connectivity index (χ0n) is 33.4. The molecule has 4 saturated carbocycles. The highest BCUT2D eigenvalue weighted by atomic mass is 32.2. The smallest absolute Gasteiger partial charge is 0.0682 e. The quantitative estimate of drug-likeness (QED) is 0.173. The molecule has 1 spiro atoms. The molecule has 0 radical (unpaired) electrons. The van der Waals surface area contributed by atoms with E-state index in [1.54, 1.807) is 11.1 Å². The molecule has 0 atom stereocenters. The average molecular weight is 748 g/mol. The Hall–Kier alpha value is -4.53. The van der Waals surface area contributed by atoms with E-state index in [1.807, 2.05) is 11.8 Å². The van der Waals surface area contributed by atoms with Crippen LogP contribution in [0.25, 0.3) is 22.3 Å². The summed E-state index contributed by atoms with van der Waals surface area (Å²) in [4.78, 5) is 5.66. The molecule has 5 aliphatic carbocycles. The molecule has 0 N–H and O–H groups in total. The first-order valence-electron chi connectivity index (χ1n) is 21.3. The molecule has 56 heavy (non-hydrogen) atoms. The molecule has 12 rings (SSSR count). The third-order valence-electron chi connectivity index (χ3n) is 15.2. The fourth-order valence-electron chi connectivity index (χ4n) is 12.7. The second-order valence-corrected chi connectivity index (χ2v) is 20.2. The van der Waals surface area contributed by atoms with Crippen LogP contribution < -0.4 is 4.90 Å². The summed E-state index contributed by atoms with van der Waals surface area (Å²) in [6.45, 7) is 9.92. The molecule has 2 heteroatoms. The molecule has 0 saturated heterocycles. The summed E-state index contributed by atoms with van der Waals surface area (Å²) in [5.41, 5.74) is 15.4. The van der Waals surface area contributed by atoms with Gasteiger partial charge in [-0.05, 0) is 143 Å². The Morgan fingerprint density at radius 1 is 0.500 bits per heavy atom. The minimum atomic E-state index is 0.0216. The largest absolute Gasteiger partial charge is 0.308 e. The van der Waals surface area contributed by atoms with Crippen LogP contribution >= 0.6 is 11.8 Å². The summed E-state index contributed by atoms with van der Waals surface area (Å²) in [7, 11) is 0. The van der Waals surface area contributed by atoms with Crippen LogP contribution in [-0.2, 0) is 16.2 Å². The van der Waals surface area contributed by atoms with Crippen molar-refractivity contribution in [2.75, 3.05) is 4.90 Å². The lowest BCUT2D eigenvalue weighted by Crippen LogP contribution is -2.57. The molecule has 6 aromatic rings. The zero-order chi connectivity index (χ0) is 37.8. The monoisotopic (exact) mass is 747 g/mol. The zero-order valence-corrected chi connectivity index (χ0v) is 34.2. The second kappa shape index (κ2) is 12.7. The van der Waals surface area contributed by atoms with Gasteiger partial charge in [0.2, 0.25) is 0 Å². The van der Waals surface area contributed by atoms with Gasteiger partial charge in [-0.1, -0.05) is 155 Å². The molecule has 0 unspecified atom stereocenters. The number of hydrogen-bond donors (Lipinski definition) is 0. The van der Waals surface area contributed by atoms with Gasteiger partial charge in [-0.25, -0.2) is 0 Å². The molecule has 6 aromatic carbocycles. The summed E-state index contributed by atoms with van der Waals surface area (Å²) in [6.07, 6.45) is 9.33. The van der Waals surface area contributed by atoms with Gasteiger partial charge in [0.1, 0.15) is 0 Å². The van der Waals surface area contributed by atoms with Gasteiger partial charge in [0, 0.05) is 26.5 Å². The minimum absolute atomic E-state index is 0.0216. The summed E-state index contributed by atoms with van der Waals surface area (Å²) in [5.74, 6) is 3.19. The molecule has 4 fully saturated rings. The fourth-order valence-corrected chi connectivity index (χ4v) is 14.1. The number of anilines is 3. The molecule has 0 aromatic heterocycles. The van der Waals surface area contributed by atoms with Crippen LogP contribution in [0.5, 0.6) is 0 Å². The minimum Gasteiger partial charge on any atom is -0.308 e. The molecule has 0 amide bonds. The summed E-state index contributed by atoms with van der Waals surface area (Å²) in [5, 5.41) is 0. The SMILES string of the molecule is CC1(C)CCC(C)(C)c2c(N(c3ccc(-c4ccccc4)cc3)c3c(-c4ccccc4)ccc4c3Sc3ccccc3C43C4CC5CC(C4)CC3C5)cccc21. The molecular weight excluding hydrogens is 695 g/mol. The van der Waals surface area contributed by atoms with Crippen molar-refractivity contribution in [1.29, 1.82) is 0 Å². The first-order valence-corrected chi connectivity index (χ1v) is 22.1. The van der Waals surface area contributed by atoms with E-state index in [4.69, 9.17) is 0 Å². The molecule has 1 heterocycles. The molecule has 1 nitrogen and oxygen atoms in total. The van der Waals surface area contributed by atoms with E-state index in [9.17, 15) is 0 Å². The number of hydrogen-bond acceptors (Lipinski definition) is 2. The van der Waals surface area contributed by atoms with Crippen molar-refractivity contribution < 1.29 is 0 Å². The number of nitrogens with zero attached hydrogens (tertiary/aromatic N) is 1. The van der Waals surface area contributed by atoms with Gasteiger partial charge >= 0.3 is 0 Å². The van der Waals surface area contributed by atoms with Crippen molar-refractivity contribution in [3.8, 4) is 22.3 Å². The highest BCUT2D eigenvalue weighted by Crippen LogP contribution is 2.70. The topological polar surface area (TPSA) is 3.24 Å². The van der Waals surface area contributed by atoms with Crippen molar-refractivity contribution in [2.45, 2.75) is 98.7 Å². The Bertz CT molecular complexity index is 2430. The van der Waals surface area contributed by atoms with E-state index in [1.165, 1.54) is 105 Å². The van der Waals surface area contributed by atoms with Crippen LogP contribution in [0.3, 0.4) is 0 Å². The predicted molar refractivity (Wildman–Crippen MR) is 236 cm³/mol. The Labute approximate surface area is 338 Å².